The van der Waals surface area contributed by atoms with E-state index in [0.717, 1.165) is 35.2 Å². The molecule has 0 radical (unpaired) electrons. The van der Waals surface area contributed by atoms with Gasteiger partial charge < -0.3 is 10.4 Å². The van der Waals surface area contributed by atoms with Crippen molar-refractivity contribution in [2.75, 3.05) is 11.1 Å². The molecule has 0 atom stereocenters. The lowest BCUT2D eigenvalue weighted by Crippen LogP contribution is -2.14. The van der Waals surface area contributed by atoms with E-state index in [2.05, 4.69) is 5.32 Å². The van der Waals surface area contributed by atoms with Gasteiger partial charge in [0.2, 0.25) is 5.91 Å². The van der Waals surface area contributed by atoms with Gasteiger partial charge in [-0.3, -0.25) is 4.79 Å². The number of nitrogens with one attached hydrogen (secondary N) is 1. The van der Waals surface area contributed by atoms with Crippen LogP contribution in [0.15, 0.2) is 34.5 Å². The van der Waals surface area contributed by atoms with Gasteiger partial charge in [0.1, 0.15) is 4.88 Å². The summed E-state index contributed by atoms with van der Waals surface area (Å²) in [7, 11) is 0. The lowest BCUT2D eigenvalue weighted by molar-refractivity contribution is -0.113. The van der Waals surface area contributed by atoms with Crippen molar-refractivity contribution in [1.82, 2.24) is 0 Å². The lowest BCUT2D eigenvalue weighted by Gasteiger charge is -2.04. The second-order valence-electron chi connectivity index (χ2n) is 3.92. The van der Waals surface area contributed by atoms with Crippen LogP contribution in [-0.2, 0) is 4.79 Å². The Bertz CT molecular complexity index is 688. The molecule has 8 heteroatoms. The lowest BCUT2D eigenvalue weighted by atomic mass is 10.3. The maximum absolute atomic E-state index is 13.0. The van der Waals surface area contributed by atoms with Crippen molar-refractivity contribution < 1.29 is 23.5 Å². The summed E-state index contributed by atoms with van der Waals surface area (Å²) in [5.74, 6) is -3.40. The maximum atomic E-state index is 13.0. The van der Waals surface area contributed by atoms with E-state index >= 15 is 0 Å². The van der Waals surface area contributed by atoms with Crippen molar-refractivity contribution in [3.8, 4) is 0 Å². The van der Waals surface area contributed by atoms with Gasteiger partial charge in [-0.05, 0) is 18.2 Å². The van der Waals surface area contributed by atoms with Crippen LogP contribution in [0.4, 0.5) is 14.5 Å². The smallest absolute Gasteiger partial charge is 0.345 e. The molecule has 2 rings (SSSR count). The number of thiophene rings is 1. The molecule has 2 N–H and O–H groups in total. The zero-order chi connectivity index (χ0) is 15.4. The standard InChI is InChI=1S/C13H9F2NO3S2/c14-9-2-1-7(3-10(9)15)16-12(17)6-20-8-4-11(13(18)19)21-5-8/h1-5H,6H2,(H,16,17)(H,18,19). The van der Waals surface area contributed by atoms with E-state index in [0.29, 0.717) is 4.90 Å². The van der Waals surface area contributed by atoms with Crippen LogP contribution in [0.2, 0.25) is 0 Å². The highest BCUT2D eigenvalue weighted by atomic mass is 32.2. The highest BCUT2D eigenvalue weighted by Gasteiger charge is 2.10. The number of carboxylic acid groups (broad SMARTS) is 1. The fourth-order valence-corrected chi connectivity index (χ4v) is 3.10. The van der Waals surface area contributed by atoms with Crippen LogP contribution in [-0.4, -0.2) is 22.7 Å². The molecule has 110 valence electrons. The molecule has 1 aromatic carbocycles. The summed E-state index contributed by atoms with van der Waals surface area (Å²) in [6.07, 6.45) is 0. The zero-order valence-corrected chi connectivity index (χ0v) is 12.1. The van der Waals surface area contributed by atoms with Crippen LogP contribution in [0.25, 0.3) is 0 Å². The summed E-state index contributed by atoms with van der Waals surface area (Å²) >= 11 is 2.23. The Hall–Kier alpha value is -1.93. The first kappa shape index (κ1) is 15.5. The number of amides is 1. The van der Waals surface area contributed by atoms with Gasteiger partial charge in [-0.15, -0.1) is 23.1 Å². The molecule has 2 aromatic rings. The molecule has 0 saturated heterocycles. The summed E-state index contributed by atoms with van der Waals surface area (Å²) in [6.45, 7) is 0. The molecule has 21 heavy (non-hydrogen) atoms. The van der Waals surface area contributed by atoms with Gasteiger partial charge in [-0.25, -0.2) is 13.6 Å². The van der Waals surface area contributed by atoms with Gasteiger partial charge in [0.05, 0.1) is 5.75 Å². The van der Waals surface area contributed by atoms with E-state index < -0.39 is 23.5 Å². The van der Waals surface area contributed by atoms with Crippen LogP contribution in [0.3, 0.4) is 0 Å². The summed E-state index contributed by atoms with van der Waals surface area (Å²) in [5.41, 5.74) is 0.163. The van der Waals surface area contributed by atoms with Gasteiger partial charge in [-0.1, -0.05) is 0 Å². The molecule has 0 aliphatic heterocycles. The average Bonchev–Trinajstić information content (AvgIpc) is 2.90. The highest BCUT2D eigenvalue weighted by Crippen LogP contribution is 2.25. The molecular formula is C13H9F2NO3S2. The van der Waals surface area contributed by atoms with Crippen molar-refractivity contribution in [2.45, 2.75) is 4.90 Å². The molecule has 0 aliphatic rings. The third-order valence-corrected chi connectivity index (χ3v) is 4.40. The fraction of sp³-hybridized carbons (Fsp3) is 0.0769. The molecule has 0 saturated carbocycles. The molecule has 1 heterocycles. The number of benzene rings is 1. The second kappa shape index (κ2) is 6.68. The molecule has 0 spiro atoms. The summed E-state index contributed by atoms with van der Waals surface area (Å²) in [6, 6.07) is 4.55. The number of carboxylic acids is 1. The topological polar surface area (TPSA) is 66.4 Å². The van der Waals surface area contributed by atoms with Gasteiger partial charge >= 0.3 is 5.97 Å². The van der Waals surface area contributed by atoms with Gasteiger partial charge in [-0.2, -0.15) is 0 Å². The Balaban J connectivity index is 1.89. The predicted molar refractivity (Wildman–Crippen MR) is 77.0 cm³/mol. The number of aromatic carboxylic acids is 1. The van der Waals surface area contributed by atoms with E-state index in [1.807, 2.05) is 0 Å². The number of carbonyl (C=O) groups is 2. The number of thioether (sulfide) groups is 1. The van der Waals surface area contributed by atoms with Gasteiger partial charge in [0.25, 0.3) is 0 Å². The molecule has 0 aliphatic carbocycles. The quantitative estimate of drug-likeness (QED) is 0.825. The Morgan fingerprint density at radius 1 is 1.24 bits per heavy atom. The number of hydrogen-bond acceptors (Lipinski definition) is 4. The Kier molecular flexibility index (Phi) is 4.92. The largest absolute Gasteiger partial charge is 0.477 e. The SMILES string of the molecule is O=C(CSc1csc(C(=O)O)c1)Nc1ccc(F)c(F)c1. The summed E-state index contributed by atoms with van der Waals surface area (Å²) < 4.78 is 25.7. The van der Waals surface area contributed by atoms with E-state index in [1.54, 1.807) is 5.38 Å². The number of anilines is 1. The average molecular weight is 329 g/mol. The van der Waals surface area contributed by atoms with E-state index in [4.69, 9.17) is 5.11 Å². The minimum atomic E-state index is -1.04. The van der Waals surface area contributed by atoms with Gasteiger partial charge in [0, 0.05) is 22.0 Å². The molecule has 1 aromatic heterocycles. The Labute approximate surface area is 126 Å². The third-order valence-electron chi connectivity index (χ3n) is 2.36. The molecule has 1 amide bonds. The molecule has 0 bridgehead atoms. The monoisotopic (exact) mass is 329 g/mol. The highest BCUT2D eigenvalue weighted by molar-refractivity contribution is 8.00. The van der Waals surface area contributed by atoms with Crippen molar-refractivity contribution >= 4 is 40.7 Å². The number of rotatable bonds is 5. The van der Waals surface area contributed by atoms with Crippen LogP contribution in [0.5, 0.6) is 0 Å². The predicted octanol–water partition coefficient (Wildman–Crippen LogP) is 3.46. The van der Waals surface area contributed by atoms with Crippen LogP contribution >= 0.6 is 23.1 Å². The Morgan fingerprint density at radius 2 is 2.00 bits per heavy atom. The van der Waals surface area contributed by atoms with Crippen LogP contribution in [0, 0.1) is 11.6 Å². The molecule has 0 fully saturated rings. The zero-order valence-electron chi connectivity index (χ0n) is 10.4. The van der Waals surface area contributed by atoms with E-state index in [-0.39, 0.29) is 16.3 Å². The molecule has 4 nitrogen and oxygen atoms in total. The number of halogens is 2. The first-order valence-electron chi connectivity index (χ1n) is 5.65. The van der Waals surface area contributed by atoms with Crippen molar-refractivity contribution in [2.24, 2.45) is 0 Å². The van der Waals surface area contributed by atoms with Gasteiger partial charge in [0.15, 0.2) is 11.6 Å². The number of carbonyl (C=O) groups excluding carboxylic acids is 1. The first-order chi connectivity index (χ1) is 9.95. The van der Waals surface area contributed by atoms with Crippen LogP contribution in [0.1, 0.15) is 9.67 Å². The van der Waals surface area contributed by atoms with Crippen LogP contribution < -0.4 is 5.32 Å². The fourth-order valence-electron chi connectivity index (χ4n) is 1.43. The second-order valence-corrected chi connectivity index (χ2v) is 5.88. The van der Waals surface area contributed by atoms with E-state index in [9.17, 15) is 18.4 Å². The van der Waals surface area contributed by atoms with Crippen molar-refractivity contribution in [3.63, 3.8) is 0 Å². The first-order valence-corrected chi connectivity index (χ1v) is 7.52. The maximum Gasteiger partial charge on any atom is 0.345 e. The third kappa shape index (κ3) is 4.27. The summed E-state index contributed by atoms with van der Waals surface area (Å²) in [5, 5.41) is 12.8. The normalized spacial score (nSPS) is 10.4. The summed E-state index contributed by atoms with van der Waals surface area (Å²) in [4.78, 5) is 23.2. The number of hydrogen-bond donors (Lipinski definition) is 2. The molecule has 0 unspecified atom stereocenters. The van der Waals surface area contributed by atoms with Crippen molar-refractivity contribution in [1.29, 1.82) is 0 Å². The van der Waals surface area contributed by atoms with Crippen molar-refractivity contribution in [3.05, 3.63) is 46.2 Å². The minimum Gasteiger partial charge on any atom is -0.477 e. The van der Waals surface area contributed by atoms with E-state index in [1.165, 1.54) is 12.1 Å². The minimum absolute atomic E-state index is 0.0365. The molecular weight excluding hydrogens is 320 g/mol. The Morgan fingerprint density at radius 3 is 2.62 bits per heavy atom.